The lowest BCUT2D eigenvalue weighted by Crippen LogP contribution is -2.38. The molecule has 136 valence electrons. The lowest BCUT2D eigenvalue weighted by molar-refractivity contribution is -0.119. The van der Waals surface area contributed by atoms with Crippen molar-refractivity contribution in [2.45, 2.75) is 81.6 Å². The number of hydrogen-bond donors (Lipinski definition) is 1. The molecule has 0 saturated carbocycles. The van der Waals surface area contributed by atoms with Crippen LogP contribution in [-0.4, -0.2) is 11.5 Å². The van der Waals surface area contributed by atoms with E-state index in [1.54, 1.807) is 0 Å². The number of carbonyl (C=O) groups is 1. The molecular weight excluding hydrogens is 294 g/mol. The summed E-state index contributed by atoms with van der Waals surface area (Å²) in [7, 11) is 0. The number of rotatable bonds is 6. The molecule has 1 rings (SSSR count). The van der Waals surface area contributed by atoms with Crippen molar-refractivity contribution in [1.82, 2.24) is 0 Å². The maximum Gasteiger partial charge on any atom is 0.162 e. The van der Waals surface area contributed by atoms with Gasteiger partial charge in [-0.25, -0.2) is 0 Å². The first-order valence-corrected chi connectivity index (χ1v) is 9.34. The summed E-state index contributed by atoms with van der Waals surface area (Å²) in [6, 6.07) is 0. The maximum absolute atomic E-state index is 12.5. The number of allylic oxidation sites excluding steroid dienone is 4. The normalized spacial score (nSPS) is 24.0. The van der Waals surface area contributed by atoms with E-state index in [1.165, 1.54) is 12.0 Å². The Bertz CT molecular complexity index is 575. The largest absolute Gasteiger partial charge is 0.305 e. The van der Waals surface area contributed by atoms with Gasteiger partial charge in [-0.05, 0) is 48.7 Å². The van der Waals surface area contributed by atoms with Crippen LogP contribution in [0.4, 0.5) is 0 Å². The summed E-state index contributed by atoms with van der Waals surface area (Å²) >= 11 is 0. The number of Topliss-reactive ketones (excluding diaryl/α,β-unsaturated/α-hetero) is 1. The fraction of sp³-hybridized carbons (Fsp3) is 0.727. The number of ketones is 1. The minimum atomic E-state index is -0.178. The summed E-state index contributed by atoms with van der Waals surface area (Å²) in [4.78, 5) is 12.5. The fourth-order valence-corrected chi connectivity index (χ4v) is 3.73. The zero-order chi connectivity index (χ0) is 18.9. The number of nitrogens with one attached hydrogen (secondary N) is 1. The molecule has 2 unspecified atom stereocenters. The molecule has 2 atom stereocenters. The molecule has 0 saturated heterocycles. The van der Waals surface area contributed by atoms with Gasteiger partial charge >= 0.3 is 0 Å². The van der Waals surface area contributed by atoms with Crippen LogP contribution in [0.2, 0.25) is 0 Å². The highest BCUT2D eigenvalue weighted by molar-refractivity contribution is 6.15. The Morgan fingerprint density at radius 2 is 1.71 bits per heavy atom. The van der Waals surface area contributed by atoms with E-state index in [1.807, 2.05) is 20.8 Å². The molecule has 0 fully saturated rings. The highest BCUT2D eigenvalue weighted by Crippen LogP contribution is 2.41. The van der Waals surface area contributed by atoms with Gasteiger partial charge < -0.3 is 5.41 Å². The van der Waals surface area contributed by atoms with E-state index in [0.29, 0.717) is 11.1 Å². The van der Waals surface area contributed by atoms with Crippen LogP contribution in [0.1, 0.15) is 81.6 Å². The van der Waals surface area contributed by atoms with Crippen LogP contribution in [0.25, 0.3) is 0 Å². The predicted octanol–water partition coefficient (Wildman–Crippen LogP) is 6.37. The van der Waals surface area contributed by atoms with Gasteiger partial charge in [-0.15, -0.1) is 0 Å². The van der Waals surface area contributed by atoms with Crippen molar-refractivity contribution in [2.75, 3.05) is 0 Å². The zero-order valence-electron chi connectivity index (χ0n) is 17.3. The van der Waals surface area contributed by atoms with Gasteiger partial charge in [0.25, 0.3) is 0 Å². The molecule has 0 bridgehead atoms. The molecule has 0 aliphatic heterocycles. The molecule has 0 aromatic carbocycles. The topological polar surface area (TPSA) is 40.9 Å². The monoisotopic (exact) mass is 331 g/mol. The molecule has 24 heavy (non-hydrogen) atoms. The fourth-order valence-electron chi connectivity index (χ4n) is 3.73. The molecule has 0 radical (unpaired) electrons. The molecule has 0 aromatic rings. The minimum absolute atomic E-state index is 0.0135. The Labute approximate surface area is 149 Å². The zero-order valence-corrected chi connectivity index (χ0v) is 17.3. The molecule has 1 aliphatic rings. The third kappa shape index (κ3) is 4.46. The van der Waals surface area contributed by atoms with E-state index in [0.717, 1.165) is 24.0 Å². The second-order valence-corrected chi connectivity index (χ2v) is 9.19. The van der Waals surface area contributed by atoms with Crippen LogP contribution >= 0.6 is 0 Å². The lowest BCUT2D eigenvalue weighted by Gasteiger charge is -2.37. The van der Waals surface area contributed by atoms with E-state index in [-0.39, 0.29) is 23.0 Å². The summed E-state index contributed by atoms with van der Waals surface area (Å²) in [6.45, 7) is 19.3. The van der Waals surface area contributed by atoms with Crippen molar-refractivity contribution < 1.29 is 4.79 Å². The van der Waals surface area contributed by atoms with E-state index >= 15 is 0 Å². The quantitative estimate of drug-likeness (QED) is 0.565. The van der Waals surface area contributed by atoms with Gasteiger partial charge in [0.05, 0.1) is 0 Å². The molecule has 0 spiro atoms. The summed E-state index contributed by atoms with van der Waals surface area (Å²) < 4.78 is 0. The summed E-state index contributed by atoms with van der Waals surface area (Å²) in [5.74, 6) is 0.161. The Balaban J connectivity index is 3.07. The van der Waals surface area contributed by atoms with Gasteiger partial charge in [-0.2, -0.15) is 0 Å². The summed E-state index contributed by atoms with van der Waals surface area (Å²) in [5, 5.41) is 8.59. The highest BCUT2D eigenvalue weighted by atomic mass is 16.1. The Morgan fingerprint density at radius 3 is 2.21 bits per heavy atom. The number of carbonyl (C=O) groups excluding carboxylic acids is 1. The van der Waals surface area contributed by atoms with Gasteiger partial charge in [0, 0.05) is 17.5 Å². The molecular formula is C22H37NO. The van der Waals surface area contributed by atoms with Crippen molar-refractivity contribution in [1.29, 1.82) is 5.41 Å². The van der Waals surface area contributed by atoms with Crippen LogP contribution in [-0.2, 0) is 4.79 Å². The Hall–Kier alpha value is -1.18. The molecule has 0 heterocycles. The van der Waals surface area contributed by atoms with Crippen LogP contribution < -0.4 is 0 Å². The van der Waals surface area contributed by atoms with E-state index in [9.17, 15) is 4.79 Å². The Morgan fingerprint density at radius 1 is 1.17 bits per heavy atom. The van der Waals surface area contributed by atoms with Crippen LogP contribution in [0.3, 0.4) is 0 Å². The van der Waals surface area contributed by atoms with Gasteiger partial charge in [0.1, 0.15) is 0 Å². The van der Waals surface area contributed by atoms with E-state index in [4.69, 9.17) is 5.41 Å². The van der Waals surface area contributed by atoms with Gasteiger partial charge in [-0.3, -0.25) is 4.79 Å². The molecule has 1 N–H and O–H groups in total. The van der Waals surface area contributed by atoms with Crippen LogP contribution in [0.5, 0.6) is 0 Å². The molecule has 1 aliphatic carbocycles. The van der Waals surface area contributed by atoms with Crippen molar-refractivity contribution in [3.8, 4) is 0 Å². The SMILES string of the molecule is CCC(C)(C)C/C(C)=C/CC(C)(C)C1=C(C)C(=O)C(C)C(C)C1=N. The summed E-state index contributed by atoms with van der Waals surface area (Å²) in [5.41, 5.74) is 3.99. The standard InChI is InChI=1S/C22H37NO/c1-10-21(6,7)13-14(2)11-12-22(8,9)18-17(5)20(24)16(4)15(3)19(18)23/h11,15-16,23H,10,12-13H2,1-9H3/b14-11+,23-19?. The van der Waals surface area contributed by atoms with Gasteiger partial charge in [0.2, 0.25) is 0 Å². The van der Waals surface area contributed by atoms with Crippen LogP contribution in [0, 0.1) is 28.1 Å². The van der Waals surface area contributed by atoms with Crippen molar-refractivity contribution in [2.24, 2.45) is 22.7 Å². The highest BCUT2D eigenvalue weighted by Gasteiger charge is 2.39. The van der Waals surface area contributed by atoms with E-state index in [2.05, 4.69) is 47.6 Å². The van der Waals surface area contributed by atoms with Crippen LogP contribution in [0.15, 0.2) is 22.8 Å². The Kier molecular flexibility index (Phi) is 6.41. The molecule has 0 aromatic heterocycles. The summed E-state index contributed by atoms with van der Waals surface area (Å²) in [6.07, 6.45) is 5.46. The smallest absolute Gasteiger partial charge is 0.162 e. The maximum atomic E-state index is 12.5. The second-order valence-electron chi connectivity index (χ2n) is 9.19. The van der Waals surface area contributed by atoms with Crippen molar-refractivity contribution in [3.05, 3.63) is 22.8 Å². The first-order valence-electron chi connectivity index (χ1n) is 9.34. The second kappa shape index (κ2) is 7.37. The molecule has 0 amide bonds. The predicted molar refractivity (Wildman–Crippen MR) is 105 cm³/mol. The van der Waals surface area contributed by atoms with Crippen molar-refractivity contribution in [3.63, 3.8) is 0 Å². The average Bonchev–Trinajstić information content (AvgIpc) is 2.48. The first-order chi connectivity index (χ1) is 10.8. The molecule has 2 nitrogen and oxygen atoms in total. The lowest BCUT2D eigenvalue weighted by atomic mass is 9.66. The first kappa shape index (κ1) is 20.9. The molecule has 2 heteroatoms. The van der Waals surface area contributed by atoms with E-state index < -0.39 is 0 Å². The van der Waals surface area contributed by atoms with Crippen molar-refractivity contribution >= 4 is 11.5 Å². The number of hydrogen-bond acceptors (Lipinski definition) is 2. The third-order valence-corrected chi connectivity index (χ3v) is 5.98. The van der Waals surface area contributed by atoms with Gasteiger partial charge in [0.15, 0.2) is 5.78 Å². The van der Waals surface area contributed by atoms with Gasteiger partial charge in [-0.1, -0.05) is 66.5 Å². The third-order valence-electron chi connectivity index (χ3n) is 5.98. The minimum Gasteiger partial charge on any atom is -0.305 e. The average molecular weight is 332 g/mol.